The van der Waals surface area contributed by atoms with Crippen LogP contribution in [0.15, 0.2) is 60.7 Å². The number of hydrogen-bond acceptors (Lipinski definition) is 7. The van der Waals surface area contributed by atoms with Gasteiger partial charge in [-0.2, -0.15) is 0 Å². The number of thiazole rings is 1. The van der Waals surface area contributed by atoms with E-state index in [0.29, 0.717) is 10.6 Å². The maximum atomic E-state index is 12.6. The molecule has 2 heterocycles. The Balaban J connectivity index is 1.29. The number of rotatable bonds is 5. The molecule has 168 valence electrons. The molecule has 0 aliphatic carbocycles. The molecule has 10 heteroatoms. The van der Waals surface area contributed by atoms with Crippen LogP contribution in [0.1, 0.15) is 26.3 Å². The van der Waals surface area contributed by atoms with Gasteiger partial charge in [0.1, 0.15) is 17.1 Å². The second-order valence-corrected chi connectivity index (χ2v) is 8.80. The predicted octanol–water partition coefficient (Wildman–Crippen LogP) is 4.41. The number of nitro groups is 1. The van der Waals surface area contributed by atoms with E-state index in [1.54, 1.807) is 23.5 Å². The number of anilines is 1. The average Bonchev–Trinajstić information content (AvgIpc) is 3.34. The molecule has 0 saturated heterocycles. The van der Waals surface area contributed by atoms with Crippen molar-refractivity contribution in [2.75, 3.05) is 11.9 Å². The van der Waals surface area contributed by atoms with Crippen LogP contribution in [0.2, 0.25) is 0 Å². The highest BCUT2D eigenvalue weighted by molar-refractivity contribution is 7.21. The summed E-state index contributed by atoms with van der Waals surface area (Å²) in [5.74, 6) is -2.19. The van der Waals surface area contributed by atoms with Gasteiger partial charge in [0.2, 0.25) is 5.91 Å². The van der Waals surface area contributed by atoms with Crippen LogP contribution in [0.5, 0.6) is 0 Å². The lowest BCUT2D eigenvalue weighted by Crippen LogP contribution is -2.37. The average molecular weight is 472 g/mol. The molecule has 0 bridgehead atoms. The van der Waals surface area contributed by atoms with Crippen molar-refractivity contribution >= 4 is 50.6 Å². The van der Waals surface area contributed by atoms with Crippen molar-refractivity contribution in [2.24, 2.45) is 0 Å². The summed E-state index contributed by atoms with van der Waals surface area (Å²) in [6.45, 7) is 1.47. The standard InChI is InChI=1S/C24H16N4O5S/c1-13-5-10-17-19(11-13)34-22(26-17)14-6-8-15(9-7-14)25-20(29)12-27-23(30)16-3-2-4-18(28(32)33)21(16)24(27)31/h2-11H,12H2,1H3,(H,25,29). The molecule has 1 aromatic heterocycles. The van der Waals surface area contributed by atoms with Gasteiger partial charge in [-0.25, -0.2) is 4.98 Å². The zero-order valence-electron chi connectivity index (χ0n) is 17.8. The molecule has 3 aromatic carbocycles. The molecular formula is C24H16N4O5S. The Kier molecular flexibility index (Phi) is 5.14. The Morgan fingerprint density at radius 1 is 1.09 bits per heavy atom. The van der Waals surface area contributed by atoms with Gasteiger partial charge in [0, 0.05) is 17.3 Å². The van der Waals surface area contributed by atoms with E-state index in [4.69, 9.17) is 0 Å². The number of imide groups is 1. The molecule has 1 N–H and O–H groups in total. The first-order chi connectivity index (χ1) is 16.3. The number of hydrogen-bond donors (Lipinski definition) is 1. The first-order valence-corrected chi connectivity index (χ1v) is 11.0. The summed E-state index contributed by atoms with van der Waals surface area (Å²) >= 11 is 1.58. The van der Waals surface area contributed by atoms with Gasteiger partial charge in [-0.15, -0.1) is 11.3 Å². The summed E-state index contributed by atoms with van der Waals surface area (Å²) in [4.78, 5) is 53.6. The molecule has 0 spiro atoms. The third kappa shape index (κ3) is 3.69. The van der Waals surface area contributed by atoms with E-state index in [1.807, 2.05) is 31.2 Å². The van der Waals surface area contributed by atoms with E-state index in [-0.39, 0.29) is 11.1 Å². The second kappa shape index (κ2) is 8.16. The number of carbonyl (C=O) groups is 3. The highest BCUT2D eigenvalue weighted by atomic mass is 32.1. The van der Waals surface area contributed by atoms with Crippen LogP contribution in [0, 0.1) is 17.0 Å². The summed E-state index contributed by atoms with van der Waals surface area (Å²) in [7, 11) is 0. The summed E-state index contributed by atoms with van der Waals surface area (Å²) < 4.78 is 1.09. The summed E-state index contributed by atoms with van der Waals surface area (Å²) in [5.41, 5.74) is 2.62. The fourth-order valence-electron chi connectivity index (χ4n) is 3.81. The number of carbonyl (C=O) groups excluding carboxylic acids is 3. The van der Waals surface area contributed by atoms with Gasteiger partial charge in [-0.1, -0.05) is 12.1 Å². The lowest BCUT2D eigenvalue weighted by molar-refractivity contribution is -0.385. The fraction of sp³-hybridized carbons (Fsp3) is 0.0833. The maximum absolute atomic E-state index is 12.6. The minimum atomic E-state index is -0.858. The SMILES string of the molecule is Cc1ccc2nc(-c3ccc(NC(=O)CN4C(=O)c5cccc([N+](=O)[O-])c5C4=O)cc3)sc2c1. The third-order valence-electron chi connectivity index (χ3n) is 5.44. The first-order valence-electron chi connectivity index (χ1n) is 10.2. The molecule has 0 radical (unpaired) electrons. The Hall–Kier alpha value is -4.44. The normalized spacial score (nSPS) is 12.8. The summed E-state index contributed by atoms with van der Waals surface area (Å²) in [6.07, 6.45) is 0. The van der Waals surface area contributed by atoms with E-state index < -0.39 is 34.9 Å². The first kappa shape index (κ1) is 21.4. The number of nitrogens with zero attached hydrogens (tertiary/aromatic N) is 3. The van der Waals surface area contributed by atoms with Crippen molar-refractivity contribution in [1.29, 1.82) is 0 Å². The van der Waals surface area contributed by atoms with Crippen LogP contribution in [0.25, 0.3) is 20.8 Å². The maximum Gasteiger partial charge on any atom is 0.282 e. The summed E-state index contributed by atoms with van der Waals surface area (Å²) in [5, 5.41) is 14.7. The topological polar surface area (TPSA) is 123 Å². The van der Waals surface area contributed by atoms with Crippen molar-refractivity contribution in [3.8, 4) is 10.6 Å². The number of aryl methyl sites for hydroxylation is 1. The molecule has 0 saturated carbocycles. The molecule has 0 fully saturated rings. The highest BCUT2D eigenvalue weighted by Gasteiger charge is 2.41. The lowest BCUT2D eigenvalue weighted by Gasteiger charge is -2.13. The van der Waals surface area contributed by atoms with Crippen molar-refractivity contribution < 1.29 is 19.3 Å². The van der Waals surface area contributed by atoms with Crippen molar-refractivity contribution in [3.05, 3.63) is 87.5 Å². The van der Waals surface area contributed by atoms with Crippen molar-refractivity contribution in [3.63, 3.8) is 0 Å². The number of fused-ring (bicyclic) bond motifs is 2. The quantitative estimate of drug-likeness (QED) is 0.261. The summed E-state index contributed by atoms with van der Waals surface area (Å²) in [6, 6.07) is 17.0. The lowest BCUT2D eigenvalue weighted by atomic mass is 10.1. The van der Waals surface area contributed by atoms with E-state index >= 15 is 0 Å². The molecule has 5 rings (SSSR count). The van der Waals surface area contributed by atoms with Gasteiger partial charge in [0.15, 0.2) is 0 Å². The zero-order valence-corrected chi connectivity index (χ0v) is 18.6. The monoisotopic (exact) mass is 472 g/mol. The number of benzene rings is 3. The van der Waals surface area contributed by atoms with Crippen LogP contribution in [0.4, 0.5) is 11.4 Å². The minimum Gasteiger partial charge on any atom is -0.325 e. The third-order valence-corrected chi connectivity index (χ3v) is 6.50. The Morgan fingerprint density at radius 3 is 2.59 bits per heavy atom. The smallest absolute Gasteiger partial charge is 0.282 e. The molecule has 9 nitrogen and oxygen atoms in total. The van der Waals surface area contributed by atoms with Gasteiger partial charge in [-0.3, -0.25) is 29.4 Å². The van der Waals surface area contributed by atoms with Crippen LogP contribution in [0.3, 0.4) is 0 Å². The molecule has 1 aliphatic heterocycles. The van der Waals surface area contributed by atoms with Gasteiger partial charge in [0.25, 0.3) is 17.5 Å². The van der Waals surface area contributed by atoms with Crippen LogP contribution < -0.4 is 5.32 Å². The molecule has 0 unspecified atom stereocenters. The number of nitro benzene ring substituents is 1. The van der Waals surface area contributed by atoms with E-state index in [0.717, 1.165) is 32.4 Å². The second-order valence-electron chi connectivity index (χ2n) is 7.77. The molecule has 34 heavy (non-hydrogen) atoms. The highest BCUT2D eigenvalue weighted by Crippen LogP contribution is 2.32. The van der Waals surface area contributed by atoms with E-state index in [2.05, 4.69) is 16.4 Å². The van der Waals surface area contributed by atoms with Gasteiger partial charge >= 0.3 is 0 Å². The van der Waals surface area contributed by atoms with Crippen LogP contribution >= 0.6 is 11.3 Å². The minimum absolute atomic E-state index is 0.0811. The largest absolute Gasteiger partial charge is 0.325 e. The van der Waals surface area contributed by atoms with Gasteiger partial charge < -0.3 is 5.32 Å². The van der Waals surface area contributed by atoms with E-state index in [1.165, 1.54) is 12.1 Å². The predicted molar refractivity (Wildman–Crippen MR) is 127 cm³/mol. The molecule has 3 amide bonds. The van der Waals surface area contributed by atoms with E-state index in [9.17, 15) is 24.5 Å². The Bertz CT molecular complexity index is 1510. The van der Waals surface area contributed by atoms with Gasteiger partial charge in [-0.05, 0) is 55.0 Å². The zero-order chi connectivity index (χ0) is 24.0. The molecular weight excluding hydrogens is 456 g/mol. The van der Waals surface area contributed by atoms with Crippen LogP contribution in [-0.4, -0.2) is 39.1 Å². The van der Waals surface area contributed by atoms with Crippen molar-refractivity contribution in [2.45, 2.75) is 6.92 Å². The fourth-order valence-corrected chi connectivity index (χ4v) is 4.88. The Labute approximate surface area is 196 Å². The molecule has 1 aliphatic rings. The number of nitrogens with one attached hydrogen (secondary N) is 1. The molecule has 4 aromatic rings. The van der Waals surface area contributed by atoms with Crippen molar-refractivity contribution in [1.82, 2.24) is 9.88 Å². The molecule has 0 atom stereocenters. The van der Waals surface area contributed by atoms with Gasteiger partial charge in [0.05, 0.1) is 20.7 Å². The number of amides is 3. The van der Waals surface area contributed by atoms with Crippen LogP contribution in [-0.2, 0) is 4.79 Å². The Morgan fingerprint density at radius 2 is 1.85 bits per heavy atom. The number of aromatic nitrogens is 1.